The van der Waals surface area contributed by atoms with Gasteiger partial charge in [0.05, 0.1) is 6.61 Å². The molecule has 4 nitrogen and oxygen atoms in total. The molecule has 0 aliphatic heterocycles. The number of carbonyl (C=O) groups is 1. The molecule has 0 bridgehead atoms. The first-order valence-corrected chi connectivity index (χ1v) is 5.89. The first kappa shape index (κ1) is 15.2. The number of hydrogen-bond acceptors (Lipinski definition) is 3. The van der Waals surface area contributed by atoms with Crippen LogP contribution in [-0.4, -0.2) is 43.6 Å². The van der Waals surface area contributed by atoms with E-state index in [9.17, 15) is 23.1 Å². The number of amides is 1. The number of hydrogen-bond donors (Lipinski definition) is 2. The molecule has 0 aromatic carbocycles. The second-order valence-electron chi connectivity index (χ2n) is 4.75. The van der Waals surface area contributed by atoms with Crippen LogP contribution in [0.5, 0.6) is 0 Å². The van der Waals surface area contributed by atoms with Crippen LogP contribution in [0.25, 0.3) is 0 Å². The average Bonchev–Trinajstić information content (AvgIpc) is 2.74. The van der Waals surface area contributed by atoms with Crippen molar-refractivity contribution in [2.45, 2.75) is 31.9 Å². The first-order chi connectivity index (χ1) is 8.37. The highest BCUT2D eigenvalue weighted by molar-refractivity contribution is 5.77. The van der Waals surface area contributed by atoms with Gasteiger partial charge in [0.25, 0.3) is 0 Å². The van der Waals surface area contributed by atoms with Gasteiger partial charge in [0.15, 0.2) is 0 Å². The van der Waals surface area contributed by atoms with Crippen molar-refractivity contribution < 1.29 is 27.8 Å². The van der Waals surface area contributed by atoms with Gasteiger partial charge in [-0.3, -0.25) is 4.79 Å². The first-order valence-electron chi connectivity index (χ1n) is 5.89. The third-order valence-corrected chi connectivity index (χ3v) is 3.16. The van der Waals surface area contributed by atoms with Crippen molar-refractivity contribution >= 4 is 5.91 Å². The fraction of sp³-hybridized carbons (Fsp3) is 0.909. The van der Waals surface area contributed by atoms with Crippen LogP contribution >= 0.6 is 0 Å². The molecule has 0 atom stereocenters. The van der Waals surface area contributed by atoms with Gasteiger partial charge in [0, 0.05) is 12.0 Å². The monoisotopic (exact) mass is 269 g/mol. The second-order valence-corrected chi connectivity index (χ2v) is 4.75. The van der Waals surface area contributed by atoms with E-state index in [-0.39, 0.29) is 18.6 Å². The molecule has 0 aromatic rings. The molecule has 18 heavy (non-hydrogen) atoms. The van der Waals surface area contributed by atoms with E-state index in [4.69, 9.17) is 0 Å². The summed E-state index contributed by atoms with van der Waals surface area (Å²) in [6.45, 7) is -1.76. The molecular weight excluding hydrogens is 251 g/mol. The summed E-state index contributed by atoms with van der Waals surface area (Å²) in [6, 6.07) is 0. The topological polar surface area (TPSA) is 58.6 Å². The average molecular weight is 269 g/mol. The number of halogens is 3. The van der Waals surface area contributed by atoms with Crippen molar-refractivity contribution in [3.8, 4) is 0 Å². The van der Waals surface area contributed by atoms with Crippen molar-refractivity contribution in [1.29, 1.82) is 0 Å². The van der Waals surface area contributed by atoms with Crippen molar-refractivity contribution in [2.75, 3.05) is 26.4 Å². The maximum atomic E-state index is 11.8. The summed E-state index contributed by atoms with van der Waals surface area (Å²) in [5, 5.41) is 11.8. The van der Waals surface area contributed by atoms with Crippen molar-refractivity contribution in [1.82, 2.24) is 5.32 Å². The number of ether oxygens (including phenoxy) is 1. The van der Waals surface area contributed by atoms with Crippen LogP contribution < -0.4 is 5.32 Å². The van der Waals surface area contributed by atoms with Gasteiger partial charge in [-0.25, -0.2) is 0 Å². The molecule has 1 amide bonds. The summed E-state index contributed by atoms with van der Waals surface area (Å²) >= 11 is 0. The molecule has 0 unspecified atom stereocenters. The van der Waals surface area contributed by atoms with Crippen LogP contribution in [0.2, 0.25) is 0 Å². The van der Waals surface area contributed by atoms with Crippen LogP contribution in [0.4, 0.5) is 13.2 Å². The molecule has 1 aliphatic carbocycles. The van der Waals surface area contributed by atoms with Crippen LogP contribution in [0.1, 0.15) is 25.7 Å². The molecule has 7 heteroatoms. The van der Waals surface area contributed by atoms with Crippen molar-refractivity contribution in [2.24, 2.45) is 5.41 Å². The lowest BCUT2D eigenvalue weighted by Gasteiger charge is -2.26. The zero-order valence-electron chi connectivity index (χ0n) is 10.1. The standard InChI is InChI=1S/C11H18F3NO3/c12-11(13,14)8-18-5-9(17)15-6-10(7-16)3-1-2-4-10/h16H,1-8H2,(H,15,17). The van der Waals surface area contributed by atoms with Crippen LogP contribution in [0.3, 0.4) is 0 Å². The number of aliphatic hydroxyl groups excluding tert-OH is 1. The minimum Gasteiger partial charge on any atom is -0.396 e. The summed E-state index contributed by atoms with van der Waals surface area (Å²) in [6.07, 6.45) is -0.763. The van der Waals surface area contributed by atoms with Gasteiger partial charge in [-0.2, -0.15) is 13.2 Å². The summed E-state index contributed by atoms with van der Waals surface area (Å²) in [5.74, 6) is -0.584. The SMILES string of the molecule is O=C(COCC(F)(F)F)NCC1(CO)CCCC1. The highest BCUT2D eigenvalue weighted by Gasteiger charge is 2.33. The van der Waals surface area contributed by atoms with E-state index in [0.29, 0.717) is 0 Å². The van der Waals surface area contributed by atoms with Crippen molar-refractivity contribution in [3.05, 3.63) is 0 Å². The van der Waals surface area contributed by atoms with Crippen molar-refractivity contribution in [3.63, 3.8) is 0 Å². The minimum absolute atomic E-state index is 0.0172. The Kier molecular flexibility index (Phi) is 5.40. The van der Waals surface area contributed by atoms with E-state index in [1.54, 1.807) is 0 Å². The van der Waals surface area contributed by atoms with E-state index in [2.05, 4.69) is 10.1 Å². The number of nitrogens with one attached hydrogen (secondary N) is 1. The Labute approximate surface area is 103 Å². The highest BCUT2D eigenvalue weighted by Crippen LogP contribution is 2.36. The summed E-state index contributed by atoms with van der Waals surface area (Å²) in [4.78, 5) is 11.3. The largest absolute Gasteiger partial charge is 0.411 e. The Morgan fingerprint density at radius 2 is 1.94 bits per heavy atom. The molecule has 0 radical (unpaired) electrons. The van der Waals surface area contributed by atoms with E-state index in [0.717, 1.165) is 25.7 Å². The van der Waals surface area contributed by atoms with E-state index < -0.39 is 25.3 Å². The zero-order valence-corrected chi connectivity index (χ0v) is 10.1. The molecule has 106 valence electrons. The molecular formula is C11H18F3NO3. The predicted molar refractivity (Wildman–Crippen MR) is 57.9 cm³/mol. The number of aliphatic hydroxyl groups is 1. The Balaban J connectivity index is 2.20. The summed E-state index contributed by atoms with van der Waals surface area (Å²) in [5.41, 5.74) is -0.306. The van der Waals surface area contributed by atoms with Crippen LogP contribution in [0, 0.1) is 5.41 Å². The van der Waals surface area contributed by atoms with Gasteiger partial charge in [-0.1, -0.05) is 12.8 Å². The third-order valence-electron chi connectivity index (χ3n) is 3.16. The lowest BCUT2D eigenvalue weighted by Crippen LogP contribution is -2.40. The molecule has 1 fully saturated rings. The Hall–Kier alpha value is -0.820. The highest BCUT2D eigenvalue weighted by atomic mass is 19.4. The van der Waals surface area contributed by atoms with E-state index in [1.165, 1.54) is 0 Å². The van der Waals surface area contributed by atoms with Gasteiger partial charge in [-0.15, -0.1) is 0 Å². The van der Waals surface area contributed by atoms with Crippen LogP contribution in [0.15, 0.2) is 0 Å². The van der Waals surface area contributed by atoms with Crippen LogP contribution in [-0.2, 0) is 9.53 Å². The fourth-order valence-corrected chi connectivity index (χ4v) is 2.11. The van der Waals surface area contributed by atoms with Gasteiger partial charge in [0.2, 0.25) is 5.91 Å². The number of rotatable bonds is 6. The van der Waals surface area contributed by atoms with E-state index >= 15 is 0 Å². The number of alkyl halides is 3. The predicted octanol–water partition coefficient (Wildman–Crippen LogP) is 1.23. The molecule has 0 heterocycles. The van der Waals surface area contributed by atoms with Gasteiger partial charge < -0.3 is 15.2 Å². The molecule has 0 aromatic heterocycles. The minimum atomic E-state index is -4.42. The second kappa shape index (κ2) is 6.38. The molecule has 1 aliphatic rings. The molecule has 0 spiro atoms. The van der Waals surface area contributed by atoms with Gasteiger partial charge in [-0.05, 0) is 12.8 Å². The Morgan fingerprint density at radius 1 is 1.33 bits per heavy atom. The fourth-order valence-electron chi connectivity index (χ4n) is 2.11. The van der Waals surface area contributed by atoms with Gasteiger partial charge >= 0.3 is 6.18 Å². The maximum absolute atomic E-state index is 11.8. The zero-order chi connectivity index (χ0) is 13.6. The normalized spacial score (nSPS) is 18.9. The third kappa shape index (κ3) is 5.22. The summed E-state index contributed by atoms with van der Waals surface area (Å²) in [7, 11) is 0. The maximum Gasteiger partial charge on any atom is 0.411 e. The Morgan fingerprint density at radius 3 is 2.44 bits per heavy atom. The number of carbonyl (C=O) groups excluding carboxylic acids is 1. The molecule has 2 N–H and O–H groups in total. The Bertz CT molecular complexity index is 275. The lowest BCUT2D eigenvalue weighted by molar-refractivity contribution is -0.175. The smallest absolute Gasteiger partial charge is 0.396 e. The molecule has 0 saturated heterocycles. The molecule has 1 rings (SSSR count). The van der Waals surface area contributed by atoms with Gasteiger partial charge in [0.1, 0.15) is 13.2 Å². The lowest BCUT2D eigenvalue weighted by atomic mass is 9.87. The summed E-state index contributed by atoms with van der Waals surface area (Å²) < 4.78 is 39.5. The quantitative estimate of drug-likeness (QED) is 0.762. The molecule has 1 saturated carbocycles. The van der Waals surface area contributed by atoms with E-state index in [1.807, 2.05) is 0 Å².